The van der Waals surface area contributed by atoms with E-state index < -0.39 is 10.0 Å². The van der Waals surface area contributed by atoms with E-state index in [4.69, 9.17) is 4.74 Å². The van der Waals surface area contributed by atoms with E-state index in [-0.39, 0.29) is 5.75 Å². The normalized spacial score (nSPS) is 11.1. The average Bonchev–Trinajstić information content (AvgIpc) is 2.50. The first-order chi connectivity index (χ1) is 10.6. The van der Waals surface area contributed by atoms with Gasteiger partial charge in [0, 0.05) is 0 Å². The van der Waals surface area contributed by atoms with Crippen molar-refractivity contribution in [2.24, 2.45) is 0 Å². The first-order valence-corrected chi connectivity index (χ1v) is 9.02. The molecular formula is C17H21NO3S. The van der Waals surface area contributed by atoms with Gasteiger partial charge in [-0.25, -0.2) is 8.42 Å². The quantitative estimate of drug-likeness (QED) is 0.810. The molecule has 22 heavy (non-hydrogen) atoms. The molecule has 0 heterocycles. The van der Waals surface area contributed by atoms with Gasteiger partial charge < -0.3 is 4.74 Å². The van der Waals surface area contributed by atoms with E-state index in [0.29, 0.717) is 24.5 Å². The molecular weight excluding hydrogens is 298 g/mol. The van der Waals surface area contributed by atoms with Gasteiger partial charge >= 0.3 is 0 Å². The predicted octanol–water partition coefficient (Wildman–Crippen LogP) is 3.46. The molecule has 0 aliphatic carbocycles. The molecule has 0 amide bonds. The first-order valence-electron chi connectivity index (χ1n) is 7.37. The summed E-state index contributed by atoms with van der Waals surface area (Å²) in [5, 5.41) is 0. The van der Waals surface area contributed by atoms with E-state index in [0.717, 1.165) is 12.0 Å². The fourth-order valence-electron chi connectivity index (χ4n) is 2.16. The third-order valence-electron chi connectivity index (χ3n) is 3.17. The molecule has 0 bridgehead atoms. The molecule has 2 rings (SSSR count). The van der Waals surface area contributed by atoms with E-state index in [1.807, 2.05) is 43.3 Å². The molecule has 0 radical (unpaired) electrons. The van der Waals surface area contributed by atoms with Crippen molar-refractivity contribution >= 4 is 15.7 Å². The summed E-state index contributed by atoms with van der Waals surface area (Å²) < 4.78 is 32.4. The van der Waals surface area contributed by atoms with Gasteiger partial charge in [-0.3, -0.25) is 4.72 Å². The monoisotopic (exact) mass is 319 g/mol. The van der Waals surface area contributed by atoms with Gasteiger partial charge in [-0.15, -0.1) is 0 Å². The predicted molar refractivity (Wildman–Crippen MR) is 89.8 cm³/mol. The summed E-state index contributed by atoms with van der Waals surface area (Å²) in [6.07, 6.45) is 1.32. The zero-order valence-electron chi connectivity index (χ0n) is 12.7. The van der Waals surface area contributed by atoms with E-state index in [2.05, 4.69) is 4.72 Å². The highest BCUT2D eigenvalue weighted by molar-refractivity contribution is 7.92. The number of para-hydroxylation sites is 2. The number of hydrogen-bond donors (Lipinski definition) is 1. The van der Waals surface area contributed by atoms with Gasteiger partial charge in [-0.05, 0) is 37.5 Å². The maximum absolute atomic E-state index is 12.2. The van der Waals surface area contributed by atoms with Crippen LogP contribution in [0.25, 0.3) is 0 Å². The molecule has 2 aromatic carbocycles. The minimum atomic E-state index is -3.38. The molecule has 118 valence electrons. The lowest BCUT2D eigenvalue weighted by molar-refractivity contribution is 0.342. The molecule has 0 spiro atoms. The number of aryl methyl sites for hydroxylation is 1. The lowest BCUT2D eigenvalue weighted by Crippen LogP contribution is -2.17. The molecule has 0 saturated heterocycles. The Morgan fingerprint density at radius 1 is 1.00 bits per heavy atom. The number of ether oxygens (including phenoxy) is 1. The summed E-state index contributed by atoms with van der Waals surface area (Å²) in [7, 11) is -3.38. The van der Waals surface area contributed by atoms with Crippen LogP contribution in [0, 0.1) is 0 Å². The zero-order chi connectivity index (χ0) is 15.8. The second-order valence-corrected chi connectivity index (χ2v) is 6.78. The molecule has 0 aliphatic rings. The van der Waals surface area contributed by atoms with Gasteiger partial charge in [-0.2, -0.15) is 0 Å². The molecule has 0 aromatic heterocycles. The Hall–Kier alpha value is -2.01. The Labute approximate surface area is 132 Å². The second kappa shape index (κ2) is 7.84. The molecule has 0 aliphatic heterocycles. The SMILES string of the molecule is CCOc1ccccc1NS(=O)(=O)CCCc1ccccc1. The lowest BCUT2D eigenvalue weighted by atomic mass is 10.1. The Morgan fingerprint density at radius 2 is 1.68 bits per heavy atom. The first kappa shape index (κ1) is 16.4. The van der Waals surface area contributed by atoms with Crippen molar-refractivity contribution in [2.45, 2.75) is 19.8 Å². The fourth-order valence-corrected chi connectivity index (χ4v) is 3.29. The average molecular weight is 319 g/mol. The molecule has 0 saturated carbocycles. The molecule has 1 N–H and O–H groups in total. The van der Waals surface area contributed by atoms with E-state index in [1.54, 1.807) is 18.2 Å². The molecule has 0 atom stereocenters. The summed E-state index contributed by atoms with van der Waals surface area (Å²) in [6, 6.07) is 16.9. The minimum absolute atomic E-state index is 0.0857. The third kappa shape index (κ3) is 5.07. The number of sulfonamides is 1. The van der Waals surface area contributed by atoms with Crippen LogP contribution in [0.5, 0.6) is 5.75 Å². The summed E-state index contributed by atoms with van der Waals surface area (Å²) in [4.78, 5) is 0. The Morgan fingerprint density at radius 3 is 2.41 bits per heavy atom. The summed E-state index contributed by atoms with van der Waals surface area (Å²) >= 11 is 0. The van der Waals surface area contributed by atoms with Crippen LogP contribution in [0.2, 0.25) is 0 Å². The molecule has 5 heteroatoms. The lowest BCUT2D eigenvalue weighted by Gasteiger charge is -2.12. The van der Waals surface area contributed by atoms with Crippen LogP contribution >= 0.6 is 0 Å². The highest BCUT2D eigenvalue weighted by Gasteiger charge is 2.13. The van der Waals surface area contributed by atoms with Crippen LogP contribution in [0.3, 0.4) is 0 Å². The van der Waals surface area contributed by atoms with Crippen LogP contribution in [0.4, 0.5) is 5.69 Å². The number of benzene rings is 2. The van der Waals surface area contributed by atoms with Gasteiger partial charge in [0.1, 0.15) is 5.75 Å². The Kier molecular flexibility index (Phi) is 5.83. The van der Waals surface area contributed by atoms with Crippen molar-refractivity contribution in [1.82, 2.24) is 0 Å². The molecule has 2 aromatic rings. The van der Waals surface area contributed by atoms with Gasteiger partial charge in [0.2, 0.25) is 10.0 Å². The van der Waals surface area contributed by atoms with Gasteiger partial charge in [0.15, 0.2) is 0 Å². The smallest absolute Gasteiger partial charge is 0.232 e. The standard InChI is InChI=1S/C17H21NO3S/c1-2-21-17-13-7-6-12-16(17)18-22(19,20)14-8-11-15-9-4-3-5-10-15/h3-7,9-10,12-13,18H,2,8,11,14H2,1H3. The number of rotatable bonds is 8. The minimum Gasteiger partial charge on any atom is -0.492 e. The van der Waals surface area contributed by atoms with Crippen LogP contribution < -0.4 is 9.46 Å². The van der Waals surface area contributed by atoms with Crippen molar-refractivity contribution in [2.75, 3.05) is 17.1 Å². The maximum Gasteiger partial charge on any atom is 0.232 e. The largest absolute Gasteiger partial charge is 0.492 e. The highest BCUT2D eigenvalue weighted by Crippen LogP contribution is 2.24. The van der Waals surface area contributed by atoms with Crippen LogP contribution in [0.15, 0.2) is 54.6 Å². The Bertz CT molecular complexity index is 684. The highest BCUT2D eigenvalue weighted by atomic mass is 32.2. The molecule has 0 unspecified atom stereocenters. The van der Waals surface area contributed by atoms with E-state index >= 15 is 0 Å². The number of hydrogen-bond acceptors (Lipinski definition) is 3. The van der Waals surface area contributed by atoms with Crippen molar-refractivity contribution in [3.8, 4) is 5.75 Å². The van der Waals surface area contributed by atoms with Crippen molar-refractivity contribution in [3.05, 3.63) is 60.2 Å². The van der Waals surface area contributed by atoms with E-state index in [1.165, 1.54) is 0 Å². The van der Waals surface area contributed by atoms with Crippen molar-refractivity contribution in [1.29, 1.82) is 0 Å². The van der Waals surface area contributed by atoms with Crippen LogP contribution in [-0.2, 0) is 16.4 Å². The van der Waals surface area contributed by atoms with Gasteiger partial charge in [-0.1, -0.05) is 42.5 Å². The van der Waals surface area contributed by atoms with Crippen molar-refractivity contribution < 1.29 is 13.2 Å². The number of nitrogens with one attached hydrogen (secondary N) is 1. The van der Waals surface area contributed by atoms with Crippen molar-refractivity contribution in [3.63, 3.8) is 0 Å². The van der Waals surface area contributed by atoms with Gasteiger partial charge in [0.05, 0.1) is 18.0 Å². The van der Waals surface area contributed by atoms with Crippen LogP contribution in [-0.4, -0.2) is 20.8 Å². The fraction of sp³-hybridized carbons (Fsp3) is 0.294. The zero-order valence-corrected chi connectivity index (χ0v) is 13.5. The molecule has 4 nitrogen and oxygen atoms in total. The third-order valence-corrected chi connectivity index (χ3v) is 4.53. The maximum atomic E-state index is 12.2. The molecule has 0 fully saturated rings. The summed E-state index contributed by atoms with van der Waals surface area (Å²) in [6.45, 7) is 2.36. The summed E-state index contributed by atoms with van der Waals surface area (Å²) in [5.41, 5.74) is 1.64. The second-order valence-electron chi connectivity index (χ2n) is 4.94. The Balaban J connectivity index is 1.94. The summed E-state index contributed by atoms with van der Waals surface area (Å²) in [5.74, 6) is 0.638. The topological polar surface area (TPSA) is 55.4 Å². The van der Waals surface area contributed by atoms with Crippen LogP contribution in [0.1, 0.15) is 18.9 Å². The van der Waals surface area contributed by atoms with E-state index in [9.17, 15) is 8.42 Å². The number of anilines is 1. The van der Waals surface area contributed by atoms with Gasteiger partial charge in [0.25, 0.3) is 0 Å².